The molecule has 2 rings (SSSR count). The van der Waals surface area contributed by atoms with Crippen LogP contribution >= 0.6 is 11.8 Å². The number of aromatic nitrogens is 1. The fourth-order valence-corrected chi connectivity index (χ4v) is 1.79. The smallest absolute Gasteiger partial charge is 0.269 e. The van der Waals surface area contributed by atoms with Crippen LogP contribution in [0.2, 0.25) is 0 Å². The van der Waals surface area contributed by atoms with E-state index >= 15 is 0 Å². The van der Waals surface area contributed by atoms with Gasteiger partial charge in [0.15, 0.2) is 5.75 Å². The van der Waals surface area contributed by atoms with Crippen molar-refractivity contribution in [3.63, 3.8) is 0 Å². The third kappa shape index (κ3) is 2.47. The number of carbonyl (C=O) groups excluding carboxylic acids is 1. The van der Waals surface area contributed by atoms with Gasteiger partial charge < -0.3 is 10.1 Å². The highest BCUT2D eigenvalue weighted by atomic mass is 32.2. The molecule has 86 valence electrons. The highest BCUT2D eigenvalue weighted by molar-refractivity contribution is 7.98. The van der Waals surface area contributed by atoms with E-state index in [4.69, 9.17) is 4.74 Å². The van der Waals surface area contributed by atoms with E-state index < -0.39 is 0 Å². The summed E-state index contributed by atoms with van der Waals surface area (Å²) in [6.45, 7) is 0. The fourth-order valence-electron chi connectivity index (χ4n) is 1.28. The molecule has 1 fully saturated rings. The average molecular weight is 238 g/mol. The Balaban J connectivity index is 2.22. The van der Waals surface area contributed by atoms with Gasteiger partial charge in [-0.2, -0.15) is 0 Å². The maximum atomic E-state index is 11.4. The zero-order chi connectivity index (χ0) is 11.5. The number of amides is 1. The van der Waals surface area contributed by atoms with Crippen LogP contribution in [0.4, 0.5) is 0 Å². The van der Waals surface area contributed by atoms with Crippen LogP contribution in [0.15, 0.2) is 17.2 Å². The zero-order valence-electron chi connectivity index (χ0n) is 9.32. The predicted molar refractivity (Wildman–Crippen MR) is 63.1 cm³/mol. The molecular formula is C11H14N2O2S. The molecule has 0 aromatic carbocycles. The lowest BCUT2D eigenvalue weighted by atomic mass is 10.3. The van der Waals surface area contributed by atoms with Crippen molar-refractivity contribution < 1.29 is 9.53 Å². The highest BCUT2D eigenvalue weighted by Crippen LogP contribution is 2.32. The fraction of sp³-hybridized carbons (Fsp3) is 0.455. The van der Waals surface area contributed by atoms with E-state index in [9.17, 15) is 4.79 Å². The van der Waals surface area contributed by atoms with Gasteiger partial charge >= 0.3 is 0 Å². The standard InChI is InChI=1S/C11H14N2O2S/c1-12-10(14)8-5-6-9(11(13-8)16-2)15-7-3-4-7/h5-7H,3-4H2,1-2H3,(H,12,14). The maximum Gasteiger partial charge on any atom is 0.269 e. The molecule has 5 heteroatoms. The van der Waals surface area contributed by atoms with Crippen molar-refractivity contribution in [1.29, 1.82) is 0 Å². The van der Waals surface area contributed by atoms with Crippen LogP contribution in [0.25, 0.3) is 0 Å². The Hall–Kier alpha value is -1.23. The van der Waals surface area contributed by atoms with E-state index in [2.05, 4.69) is 10.3 Å². The van der Waals surface area contributed by atoms with E-state index in [1.165, 1.54) is 11.8 Å². The lowest BCUT2D eigenvalue weighted by Crippen LogP contribution is -2.19. The van der Waals surface area contributed by atoms with Gasteiger partial charge in [0.05, 0.1) is 6.10 Å². The van der Waals surface area contributed by atoms with Gasteiger partial charge in [0, 0.05) is 7.05 Å². The molecule has 4 nitrogen and oxygen atoms in total. The summed E-state index contributed by atoms with van der Waals surface area (Å²) in [6, 6.07) is 3.51. The first-order valence-corrected chi connectivity index (χ1v) is 6.41. The van der Waals surface area contributed by atoms with Gasteiger partial charge in [-0.15, -0.1) is 11.8 Å². The number of hydrogen-bond donors (Lipinski definition) is 1. The van der Waals surface area contributed by atoms with E-state index in [0.29, 0.717) is 11.8 Å². The second kappa shape index (κ2) is 4.74. The van der Waals surface area contributed by atoms with Crippen molar-refractivity contribution in [1.82, 2.24) is 10.3 Å². The van der Waals surface area contributed by atoms with Crippen LogP contribution in [-0.2, 0) is 0 Å². The number of rotatable bonds is 4. The Morgan fingerprint density at radius 1 is 1.56 bits per heavy atom. The minimum Gasteiger partial charge on any atom is -0.488 e. The second-order valence-corrected chi connectivity index (χ2v) is 4.40. The molecule has 0 unspecified atom stereocenters. The van der Waals surface area contributed by atoms with Crippen molar-refractivity contribution >= 4 is 17.7 Å². The van der Waals surface area contributed by atoms with Crippen molar-refractivity contribution in [3.05, 3.63) is 17.8 Å². The molecule has 1 saturated carbocycles. The SMILES string of the molecule is CNC(=O)c1ccc(OC2CC2)c(SC)n1. The van der Waals surface area contributed by atoms with Crippen molar-refractivity contribution in [2.24, 2.45) is 0 Å². The molecule has 1 aliphatic rings. The number of thioether (sulfide) groups is 1. The van der Waals surface area contributed by atoms with Gasteiger partial charge in [-0.05, 0) is 31.2 Å². The third-order valence-corrected chi connectivity index (χ3v) is 2.98. The van der Waals surface area contributed by atoms with Gasteiger partial charge in [-0.3, -0.25) is 4.79 Å². The Labute approximate surface area is 98.8 Å². The number of carbonyl (C=O) groups is 1. The average Bonchev–Trinajstić information content (AvgIpc) is 3.12. The monoisotopic (exact) mass is 238 g/mol. The van der Waals surface area contributed by atoms with E-state index in [1.54, 1.807) is 13.1 Å². The van der Waals surface area contributed by atoms with Gasteiger partial charge in [0.1, 0.15) is 10.7 Å². The molecule has 1 amide bonds. The van der Waals surface area contributed by atoms with E-state index in [0.717, 1.165) is 23.6 Å². The van der Waals surface area contributed by atoms with Crippen molar-refractivity contribution in [2.45, 2.75) is 24.0 Å². The molecule has 0 atom stereocenters. The lowest BCUT2D eigenvalue weighted by molar-refractivity contribution is 0.0957. The Bertz CT molecular complexity index is 405. The molecule has 1 heterocycles. The first kappa shape index (κ1) is 11.3. The summed E-state index contributed by atoms with van der Waals surface area (Å²) >= 11 is 1.49. The molecule has 0 spiro atoms. The predicted octanol–water partition coefficient (Wildman–Crippen LogP) is 1.70. The molecule has 1 aromatic heterocycles. The normalized spacial score (nSPS) is 14.6. The number of ether oxygens (including phenoxy) is 1. The zero-order valence-corrected chi connectivity index (χ0v) is 10.1. The first-order chi connectivity index (χ1) is 7.74. The molecule has 0 aliphatic heterocycles. The summed E-state index contributed by atoms with van der Waals surface area (Å²) in [7, 11) is 1.59. The maximum absolute atomic E-state index is 11.4. The van der Waals surface area contributed by atoms with Crippen LogP contribution < -0.4 is 10.1 Å². The van der Waals surface area contributed by atoms with Crippen LogP contribution in [-0.4, -0.2) is 30.3 Å². The van der Waals surface area contributed by atoms with Crippen LogP contribution in [0.3, 0.4) is 0 Å². The summed E-state index contributed by atoms with van der Waals surface area (Å²) in [5.41, 5.74) is 0.426. The van der Waals surface area contributed by atoms with E-state index in [1.807, 2.05) is 12.3 Å². The summed E-state index contributed by atoms with van der Waals surface area (Å²) in [6.07, 6.45) is 4.50. The summed E-state index contributed by atoms with van der Waals surface area (Å²) < 4.78 is 5.70. The van der Waals surface area contributed by atoms with Crippen molar-refractivity contribution in [3.8, 4) is 5.75 Å². The number of nitrogens with one attached hydrogen (secondary N) is 1. The van der Waals surface area contributed by atoms with Crippen LogP contribution in [0.5, 0.6) is 5.75 Å². The molecular weight excluding hydrogens is 224 g/mol. The molecule has 0 bridgehead atoms. The first-order valence-electron chi connectivity index (χ1n) is 5.18. The summed E-state index contributed by atoms with van der Waals surface area (Å²) in [5, 5.41) is 3.32. The van der Waals surface area contributed by atoms with Gasteiger partial charge in [0.25, 0.3) is 5.91 Å². The Kier molecular flexibility index (Phi) is 3.33. The second-order valence-electron chi connectivity index (χ2n) is 3.60. The number of hydrogen-bond acceptors (Lipinski definition) is 4. The Morgan fingerprint density at radius 2 is 2.31 bits per heavy atom. The van der Waals surface area contributed by atoms with Gasteiger partial charge in [-0.1, -0.05) is 0 Å². The number of nitrogens with zero attached hydrogens (tertiary/aromatic N) is 1. The third-order valence-electron chi connectivity index (χ3n) is 2.30. The lowest BCUT2D eigenvalue weighted by Gasteiger charge is -2.09. The topological polar surface area (TPSA) is 51.2 Å². The largest absolute Gasteiger partial charge is 0.488 e. The molecule has 1 aromatic rings. The Morgan fingerprint density at radius 3 is 2.88 bits per heavy atom. The molecule has 16 heavy (non-hydrogen) atoms. The molecule has 1 aliphatic carbocycles. The summed E-state index contributed by atoms with van der Waals surface area (Å²) in [4.78, 5) is 15.7. The summed E-state index contributed by atoms with van der Waals surface area (Å²) in [5.74, 6) is 0.607. The molecule has 0 radical (unpaired) electrons. The minimum atomic E-state index is -0.173. The van der Waals surface area contributed by atoms with Crippen LogP contribution in [0.1, 0.15) is 23.3 Å². The van der Waals surface area contributed by atoms with E-state index in [-0.39, 0.29) is 5.91 Å². The van der Waals surface area contributed by atoms with Crippen LogP contribution in [0, 0.1) is 0 Å². The van der Waals surface area contributed by atoms with Crippen molar-refractivity contribution in [2.75, 3.05) is 13.3 Å². The minimum absolute atomic E-state index is 0.173. The quantitative estimate of drug-likeness (QED) is 0.811. The van der Waals surface area contributed by atoms with Gasteiger partial charge in [-0.25, -0.2) is 4.98 Å². The molecule has 0 saturated heterocycles. The highest BCUT2D eigenvalue weighted by Gasteiger charge is 2.25. The van der Waals surface area contributed by atoms with Gasteiger partial charge in [0.2, 0.25) is 0 Å². The molecule has 1 N–H and O–H groups in total. The number of pyridine rings is 1.